The molecule has 2 aliphatic rings. The van der Waals surface area contributed by atoms with Crippen LogP contribution in [0.1, 0.15) is 0 Å². The number of ether oxygens (including phenoxy) is 3. The maximum atomic E-state index is 10.1. The molecular formula is C13H24O11. The van der Waals surface area contributed by atoms with Gasteiger partial charge in [0.2, 0.25) is 5.79 Å². The Hall–Kier alpha value is -0.440. The average molecular weight is 356 g/mol. The fourth-order valence-corrected chi connectivity index (χ4v) is 2.66. The van der Waals surface area contributed by atoms with Gasteiger partial charge in [-0.1, -0.05) is 0 Å². The fourth-order valence-electron chi connectivity index (χ4n) is 2.66. The number of aliphatic hydroxyl groups excluding tert-OH is 7. The normalized spacial score (nSPS) is 50.0. The highest BCUT2D eigenvalue weighted by atomic mass is 16.7. The van der Waals surface area contributed by atoms with Gasteiger partial charge in [0.1, 0.15) is 55.4 Å². The van der Waals surface area contributed by atoms with E-state index < -0.39 is 74.4 Å². The minimum atomic E-state index is -2.27. The summed E-state index contributed by atoms with van der Waals surface area (Å²) in [6.07, 6.45) is -11.6. The van der Waals surface area contributed by atoms with Crippen LogP contribution in [-0.2, 0) is 14.2 Å². The minimum Gasteiger partial charge on any atom is -0.394 e. The van der Waals surface area contributed by atoms with Crippen LogP contribution in [0.4, 0.5) is 0 Å². The number of hydrogen-bond acceptors (Lipinski definition) is 11. The van der Waals surface area contributed by atoms with Crippen molar-refractivity contribution in [3.8, 4) is 0 Å². The summed E-state index contributed by atoms with van der Waals surface area (Å²) in [5.74, 6) is -2.27. The van der Waals surface area contributed by atoms with Crippen molar-refractivity contribution in [1.82, 2.24) is 0 Å². The van der Waals surface area contributed by atoms with Crippen LogP contribution >= 0.6 is 0 Å². The van der Waals surface area contributed by atoms with Gasteiger partial charge in [0.05, 0.1) is 19.8 Å². The van der Waals surface area contributed by atoms with Crippen molar-refractivity contribution in [2.24, 2.45) is 0 Å². The molecule has 2 aliphatic heterocycles. The number of hydrogen-bond donors (Lipinski definition) is 8. The zero-order chi connectivity index (χ0) is 18.1. The zero-order valence-corrected chi connectivity index (χ0v) is 12.7. The van der Waals surface area contributed by atoms with Crippen LogP contribution in [0.3, 0.4) is 0 Å². The van der Waals surface area contributed by atoms with Crippen LogP contribution in [-0.4, -0.2) is 122 Å². The maximum Gasteiger partial charge on any atom is 0.219 e. The van der Waals surface area contributed by atoms with Crippen LogP contribution in [0.25, 0.3) is 0 Å². The molecule has 2 heterocycles. The molecule has 0 bridgehead atoms. The molecule has 1 unspecified atom stereocenters. The molecule has 2 rings (SSSR count). The third-order valence-corrected chi connectivity index (χ3v) is 4.27. The Kier molecular flexibility index (Phi) is 6.50. The van der Waals surface area contributed by atoms with Crippen LogP contribution in [0.2, 0.25) is 0 Å². The highest BCUT2D eigenvalue weighted by molar-refractivity contribution is 4.93. The molecule has 11 heteroatoms. The second-order valence-corrected chi connectivity index (χ2v) is 6.04. The van der Waals surface area contributed by atoms with E-state index in [0.29, 0.717) is 0 Å². The molecule has 2 saturated heterocycles. The summed E-state index contributed by atoms with van der Waals surface area (Å²) < 4.78 is 15.2. The van der Waals surface area contributed by atoms with Crippen LogP contribution < -0.4 is 0 Å². The monoisotopic (exact) mass is 356 g/mol. The quantitative estimate of drug-likeness (QED) is 0.235. The molecule has 8 N–H and O–H groups in total. The van der Waals surface area contributed by atoms with Gasteiger partial charge in [0.25, 0.3) is 0 Å². The highest BCUT2D eigenvalue weighted by Gasteiger charge is 2.49. The van der Waals surface area contributed by atoms with E-state index in [9.17, 15) is 35.7 Å². The topological polar surface area (TPSA) is 190 Å². The molecule has 0 amide bonds. The predicted molar refractivity (Wildman–Crippen MR) is 73.5 cm³/mol. The first kappa shape index (κ1) is 19.9. The largest absolute Gasteiger partial charge is 0.394 e. The zero-order valence-electron chi connectivity index (χ0n) is 12.7. The molecule has 0 aliphatic carbocycles. The highest BCUT2D eigenvalue weighted by Crippen LogP contribution is 2.25. The summed E-state index contributed by atoms with van der Waals surface area (Å²) in [7, 11) is 0. The lowest BCUT2D eigenvalue weighted by atomic mass is 9.95. The van der Waals surface area contributed by atoms with Gasteiger partial charge in [0, 0.05) is 0 Å². The Morgan fingerprint density at radius 2 is 1.54 bits per heavy atom. The van der Waals surface area contributed by atoms with Gasteiger partial charge in [-0.15, -0.1) is 0 Å². The average Bonchev–Trinajstić information content (AvgIpc) is 2.57. The Bertz CT molecular complexity index is 407. The summed E-state index contributed by atoms with van der Waals surface area (Å²) in [6.45, 7) is -1.99. The number of aliphatic hydroxyl groups is 8. The lowest BCUT2D eigenvalue weighted by Gasteiger charge is -2.42. The molecule has 142 valence electrons. The van der Waals surface area contributed by atoms with Gasteiger partial charge < -0.3 is 55.1 Å². The molecule has 2 fully saturated rings. The second-order valence-electron chi connectivity index (χ2n) is 6.04. The van der Waals surface area contributed by atoms with Crippen molar-refractivity contribution >= 4 is 0 Å². The molecule has 0 aromatic carbocycles. The molecule has 0 aromatic heterocycles. The van der Waals surface area contributed by atoms with Crippen molar-refractivity contribution in [3.05, 3.63) is 0 Å². The van der Waals surface area contributed by atoms with Crippen molar-refractivity contribution in [2.75, 3.05) is 26.4 Å². The summed E-state index contributed by atoms with van der Waals surface area (Å²) >= 11 is 0. The molecule has 0 saturated carbocycles. The van der Waals surface area contributed by atoms with Gasteiger partial charge in [-0.2, -0.15) is 0 Å². The van der Waals surface area contributed by atoms with Gasteiger partial charge in [-0.3, -0.25) is 0 Å². The summed E-state index contributed by atoms with van der Waals surface area (Å²) in [4.78, 5) is 0. The van der Waals surface area contributed by atoms with Crippen molar-refractivity contribution in [1.29, 1.82) is 0 Å². The molecule has 0 aromatic rings. The van der Waals surface area contributed by atoms with Gasteiger partial charge in [-0.05, 0) is 0 Å². The molecule has 0 spiro atoms. The van der Waals surface area contributed by atoms with E-state index in [2.05, 4.69) is 0 Å². The lowest BCUT2D eigenvalue weighted by Crippen LogP contribution is -2.63. The lowest BCUT2D eigenvalue weighted by molar-refractivity contribution is -0.338. The van der Waals surface area contributed by atoms with Gasteiger partial charge >= 0.3 is 0 Å². The molecule has 11 nitrogen and oxygen atoms in total. The van der Waals surface area contributed by atoms with Crippen molar-refractivity contribution in [2.45, 2.75) is 54.6 Å². The van der Waals surface area contributed by atoms with E-state index in [1.54, 1.807) is 0 Å². The van der Waals surface area contributed by atoms with E-state index in [1.165, 1.54) is 0 Å². The third kappa shape index (κ3) is 3.86. The Morgan fingerprint density at radius 1 is 0.917 bits per heavy atom. The summed E-state index contributed by atoms with van der Waals surface area (Å²) in [6, 6.07) is 0. The van der Waals surface area contributed by atoms with E-state index in [-0.39, 0.29) is 6.61 Å². The predicted octanol–water partition coefficient (Wildman–Crippen LogP) is -5.35. The molecule has 0 radical (unpaired) electrons. The maximum absolute atomic E-state index is 10.1. The first-order valence-corrected chi connectivity index (χ1v) is 7.50. The standard InChI is InChI=1S/C13H24O11/c14-1-6-9(17)11(19)10(18)7(24-6)3-22-4-13(21)12(20)8(16)5(15)2-23-13/h5-12,14-21H,1-4H2/t5-,6-,7?,8-,9-,10+,11+,12-,13+/m1/s1. The summed E-state index contributed by atoms with van der Waals surface area (Å²) in [5.41, 5.74) is 0. The van der Waals surface area contributed by atoms with Crippen LogP contribution in [0.5, 0.6) is 0 Å². The molecular weight excluding hydrogens is 332 g/mol. The second kappa shape index (κ2) is 7.85. The molecule has 24 heavy (non-hydrogen) atoms. The van der Waals surface area contributed by atoms with E-state index in [1.807, 2.05) is 0 Å². The third-order valence-electron chi connectivity index (χ3n) is 4.27. The van der Waals surface area contributed by atoms with Crippen molar-refractivity contribution in [3.63, 3.8) is 0 Å². The first-order chi connectivity index (χ1) is 11.2. The minimum absolute atomic E-state index is 0.363. The van der Waals surface area contributed by atoms with Crippen LogP contribution in [0, 0.1) is 0 Å². The van der Waals surface area contributed by atoms with Gasteiger partial charge in [-0.25, -0.2) is 0 Å². The van der Waals surface area contributed by atoms with Crippen LogP contribution in [0.15, 0.2) is 0 Å². The SMILES string of the molecule is OC[C@H]1OC(COC[C@]2(O)OC[C@@H](O)[C@@H](O)[C@H]2O)[C@H](O)[C@@H](O)[C@@H]1O. The van der Waals surface area contributed by atoms with Crippen molar-refractivity contribution < 1.29 is 55.1 Å². The van der Waals surface area contributed by atoms with Gasteiger partial charge in [0.15, 0.2) is 0 Å². The Labute approximate surface area is 137 Å². The molecule has 9 atom stereocenters. The Balaban J connectivity index is 1.89. The fraction of sp³-hybridized carbons (Fsp3) is 1.00. The first-order valence-electron chi connectivity index (χ1n) is 7.50. The van der Waals surface area contributed by atoms with E-state index in [0.717, 1.165) is 0 Å². The van der Waals surface area contributed by atoms with E-state index >= 15 is 0 Å². The number of rotatable bonds is 5. The smallest absolute Gasteiger partial charge is 0.219 e. The summed E-state index contributed by atoms with van der Waals surface area (Å²) in [5, 5.41) is 77.0. The Morgan fingerprint density at radius 3 is 2.17 bits per heavy atom. The van der Waals surface area contributed by atoms with E-state index in [4.69, 9.17) is 19.3 Å².